The number of benzene rings is 1. The fourth-order valence-corrected chi connectivity index (χ4v) is 1.08. The van der Waals surface area contributed by atoms with E-state index in [1.54, 1.807) is 18.2 Å². The molecule has 1 heterocycles. The first-order valence-electron chi connectivity index (χ1n) is 3.55. The Morgan fingerprint density at radius 1 is 1.15 bits per heavy atom. The quantitative estimate of drug-likeness (QED) is 0.472. The molecular formula is C9H10N2O2. The number of hydrogen-bond donors (Lipinski definition) is 2. The SMILES string of the molecule is N.Nc1ccc2ccc(=O)oc2c1. The van der Waals surface area contributed by atoms with Crippen molar-refractivity contribution in [1.82, 2.24) is 6.15 Å². The van der Waals surface area contributed by atoms with Crippen LogP contribution in [0.5, 0.6) is 0 Å². The zero-order valence-corrected chi connectivity index (χ0v) is 6.99. The van der Waals surface area contributed by atoms with E-state index >= 15 is 0 Å². The van der Waals surface area contributed by atoms with Gasteiger partial charge >= 0.3 is 5.63 Å². The molecule has 0 unspecified atom stereocenters. The van der Waals surface area contributed by atoms with Gasteiger partial charge < -0.3 is 16.3 Å². The van der Waals surface area contributed by atoms with Crippen LogP contribution in [-0.2, 0) is 0 Å². The summed E-state index contributed by atoms with van der Waals surface area (Å²) in [5.41, 5.74) is 6.28. The highest BCUT2D eigenvalue weighted by molar-refractivity contribution is 5.79. The van der Waals surface area contributed by atoms with E-state index < -0.39 is 0 Å². The Labute approximate surface area is 74.6 Å². The van der Waals surface area contributed by atoms with Gasteiger partial charge in [0.05, 0.1) is 0 Å². The van der Waals surface area contributed by atoms with Crippen LogP contribution >= 0.6 is 0 Å². The highest BCUT2D eigenvalue weighted by Gasteiger charge is 1.95. The van der Waals surface area contributed by atoms with Crippen molar-refractivity contribution in [3.05, 3.63) is 40.8 Å². The molecule has 0 aliphatic carbocycles. The topological polar surface area (TPSA) is 91.2 Å². The molecule has 0 fully saturated rings. The van der Waals surface area contributed by atoms with E-state index in [-0.39, 0.29) is 11.8 Å². The molecule has 2 rings (SSSR count). The molecule has 1 aromatic carbocycles. The molecule has 0 atom stereocenters. The smallest absolute Gasteiger partial charge is 0.336 e. The van der Waals surface area contributed by atoms with Crippen molar-refractivity contribution in [2.75, 3.05) is 5.73 Å². The molecule has 0 saturated heterocycles. The molecule has 4 nitrogen and oxygen atoms in total. The minimum atomic E-state index is -0.354. The number of rotatable bonds is 0. The summed E-state index contributed by atoms with van der Waals surface area (Å²) >= 11 is 0. The first-order chi connectivity index (χ1) is 5.75. The zero-order chi connectivity index (χ0) is 8.55. The normalized spacial score (nSPS) is 9.54. The second-order valence-electron chi connectivity index (χ2n) is 2.55. The molecule has 0 saturated carbocycles. The summed E-state index contributed by atoms with van der Waals surface area (Å²) < 4.78 is 4.91. The number of fused-ring (bicyclic) bond motifs is 1. The van der Waals surface area contributed by atoms with Gasteiger partial charge in [-0.25, -0.2) is 4.79 Å². The summed E-state index contributed by atoms with van der Waals surface area (Å²) in [5.74, 6) is 0. The summed E-state index contributed by atoms with van der Waals surface area (Å²) in [7, 11) is 0. The van der Waals surface area contributed by atoms with Gasteiger partial charge in [0.15, 0.2) is 0 Å². The Balaban J connectivity index is 0.000000845. The Morgan fingerprint density at radius 3 is 2.62 bits per heavy atom. The van der Waals surface area contributed by atoms with Crippen molar-refractivity contribution in [3.63, 3.8) is 0 Å². The van der Waals surface area contributed by atoms with E-state index in [0.29, 0.717) is 11.3 Å². The van der Waals surface area contributed by atoms with Crippen LogP contribution in [-0.4, -0.2) is 0 Å². The maximum absolute atomic E-state index is 10.8. The molecule has 5 N–H and O–H groups in total. The summed E-state index contributed by atoms with van der Waals surface area (Å²) in [6.07, 6.45) is 0. The summed E-state index contributed by atoms with van der Waals surface area (Å²) in [6, 6.07) is 8.31. The zero-order valence-electron chi connectivity index (χ0n) is 6.99. The Bertz CT molecular complexity index is 476. The van der Waals surface area contributed by atoms with E-state index in [9.17, 15) is 4.79 Å². The Morgan fingerprint density at radius 2 is 1.85 bits per heavy atom. The largest absolute Gasteiger partial charge is 0.423 e. The first kappa shape index (κ1) is 9.28. The van der Waals surface area contributed by atoms with Crippen LogP contribution in [0.15, 0.2) is 39.5 Å². The molecule has 4 heteroatoms. The molecule has 0 spiro atoms. The van der Waals surface area contributed by atoms with E-state index in [1.165, 1.54) is 6.07 Å². The van der Waals surface area contributed by atoms with Crippen LogP contribution in [0.3, 0.4) is 0 Å². The third kappa shape index (κ3) is 1.68. The Hall–Kier alpha value is -1.81. The lowest BCUT2D eigenvalue weighted by Crippen LogP contribution is -1.94. The van der Waals surface area contributed by atoms with Crippen molar-refractivity contribution in [2.45, 2.75) is 0 Å². The lowest BCUT2D eigenvalue weighted by atomic mass is 10.2. The predicted octanol–water partition coefficient (Wildman–Crippen LogP) is 1.54. The van der Waals surface area contributed by atoms with Gasteiger partial charge in [0.25, 0.3) is 0 Å². The third-order valence-electron chi connectivity index (χ3n) is 1.65. The van der Waals surface area contributed by atoms with Gasteiger partial charge in [-0.3, -0.25) is 0 Å². The molecule has 0 aliphatic rings. The van der Waals surface area contributed by atoms with Gasteiger partial charge in [-0.2, -0.15) is 0 Å². The van der Waals surface area contributed by atoms with Crippen molar-refractivity contribution >= 4 is 16.7 Å². The molecule has 13 heavy (non-hydrogen) atoms. The number of nitrogens with two attached hydrogens (primary N) is 1. The third-order valence-corrected chi connectivity index (χ3v) is 1.65. The molecule has 0 radical (unpaired) electrons. The summed E-state index contributed by atoms with van der Waals surface area (Å²) in [6.45, 7) is 0. The molecule has 0 aliphatic heterocycles. The van der Waals surface area contributed by atoms with E-state index in [2.05, 4.69) is 0 Å². The van der Waals surface area contributed by atoms with Crippen molar-refractivity contribution in [2.24, 2.45) is 0 Å². The van der Waals surface area contributed by atoms with Crippen LogP contribution in [0, 0.1) is 0 Å². The van der Waals surface area contributed by atoms with Crippen molar-refractivity contribution in [3.8, 4) is 0 Å². The monoisotopic (exact) mass is 178 g/mol. The van der Waals surface area contributed by atoms with Crippen LogP contribution in [0.25, 0.3) is 11.0 Å². The fraction of sp³-hybridized carbons (Fsp3) is 0. The molecule has 0 amide bonds. The average molecular weight is 178 g/mol. The van der Waals surface area contributed by atoms with Gasteiger partial charge in [0.2, 0.25) is 0 Å². The lowest BCUT2D eigenvalue weighted by molar-refractivity contribution is 0.561. The van der Waals surface area contributed by atoms with Crippen molar-refractivity contribution in [1.29, 1.82) is 0 Å². The maximum atomic E-state index is 10.8. The standard InChI is InChI=1S/C9H7NO2.H3N/c10-7-3-1-6-2-4-9(11)12-8(6)5-7;/h1-5H,10H2;1H3. The van der Waals surface area contributed by atoms with Gasteiger partial charge in [-0.05, 0) is 18.2 Å². The number of anilines is 1. The average Bonchev–Trinajstić information content (AvgIpc) is 2.03. The molecular weight excluding hydrogens is 168 g/mol. The second kappa shape index (κ2) is 3.28. The molecule has 68 valence electrons. The first-order valence-corrected chi connectivity index (χ1v) is 3.55. The van der Waals surface area contributed by atoms with Crippen LogP contribution in [0.4, 0.5) is 5.69 Å². The minimum Gasteiger partial charge on any atom is -0.423 e. The van der Waals surface area contributed by atoms with Crippen molar-refractivity contribution < 1.29 is 4.42 Å². The van der Waals surface area contributed by atoms with E-state index in [1.807, 2.05) is 6.07 Å². The predicted molar refractivity (Wildman–Crippen MR) is 51.9 cm³/mol. The van der Waals surface area contributed by atoms with Crippen LogP contribution in [0.2, 0.25) is 0 Å². The highest BCUT2D eigenvalue weighted by atomic mass is 16.4. The molecule has 0 bridgehead atoms. The van der Waals surface area contributed by atoms with E-state index in [0.717, 1.165) is 5.39 Å². The van der Waals surface area contributed by atoms with Crippen LogP contribution < -0.4 is 17.5 Å². The molecule has 2 aromatic rings. The molecule has 1 aromatic heterocycles. The van der Waals surface area contributed by atoms with E-state index in [4.69, 9.17) is 10.2 Å². The van der Waals surface area contributed by atoms with Gasteiger partial charge in [-0.15, -0.1) is 0 Å². The number of hydrogen-bond acceptors (Lipinski definition) is 4. The van der Waals surface area contributed by atoms with Gasteiger partial charge in [-0.1, -0.05) is 0 Å². The van der Waals surface area contributed by atoms with Gasteiger partial charge in [0.1, 0.15) is 5.58 Å². The summed E-state index contributed by atoms with van der Waals surface area (Å²) in [5, 5.41) is 0.879. The second-order valence-corrected chi connectivity index (χ2v) is 2.55. The highest BCUT2D eigenvalue weighted by Crippen LogP contribution is 2.14. The van der Waals surface area contributed by atoms with Gasteiger partial charge in [0, 0.05) is 23.2 Å². The maximum Gasteiger partial charge on any atom is 0.336 e. The lowest BCUT2D eigenvalue weighted by Gasteiger charge is -1.95. The number of nitrogen functional groups attached to an aromatic ring is 1. The fourth-order valence-electron chi connectivity index (χ4n) is 1.08. The minimum absolute atomic E-state index is 0. The Kier molecular flexibility index (Phi) is 2.34. The summed E-state index contributed by atoms with van der Waals surface area (Å²) in [4.78, 5) is 10.8. The van der Waals surface area contributed by atoms with Crippen LogP contribution in [0.1, 0.15) is 0 Å².